The molecule has 0 N–H and O–H groups in total. The molecule has 1 aliphatic rings. The predicted octanol–water partition coefficient (Wildman–Crippen LogP) is 8.99. The molecule has 1 nitrogen and oxygen atoms in total. The fraction of sp³-hybridized carbons (Fsp3) is 0.400. The molecule has 4 heteroatoms. The number of rotatable bonds is 8. The minimum absolute atomic E-state index is 0.0786. The maximum atomic E-state index is 14.8. The Balaban J connectivity index is 1.40. The highest BCUT2D eigenvalue weighted by Crippen LogP contribution is 2.39. The van der Waals surface area contributed by atoms with Gasteiger partial charge in [-0.2, -0.15) is 4.39 Å². The molecule has 0 aromatic heterocycles. The molecule has 0 unspecified atom stereocenters. The summed E-state index contributed by atoms with van der Waals surface area (Å²) in [6.07, 6.45) is 6.93. The molecule has 0 atom stereocenters. The molecule has 3 aromatic rings. The van der Waals surface area contributed by atoms with Gasteiger partial charge in [-0.05, 0) is 78.3 Å². The fourth-order valence-electron chi connectivity index (χ4n) is 5.03. The molecule has 34 heavy (non-hydrogen) atoms. The van der Waals surface area contributed by atoms with Gasteiger partial charge in [0, 0.05) is 5.56 Å². The number of ether oxygens (including phenoxy) is 1. The highest BCUT2D eigenvalue weighted by Gasteiger charge is 2.26. The van der Waals surface area contributed by atoms with Gasteiger partial charge in [0.25, 0.3) is 0 Å². The Morgan fingerprint density at radius 3 is 2.15 bits per heavy atom. The van der Waals surface area contributed by atoms with Gasteiger partial charge in [-0.25, -0.2) is 8.78 Å². The van der Waals surface area contributed by atoms with Crippen molar-refractivity contribution in [1.82, 2.24) is 0 Å². The van der Waals surface area contributed by atoms with Gasteiger partial charge in [0.05, 0.1) is 0 Å². The van der Waals surface area contributed by atoms with Crippen molar-refractivity contribution in [3.8, 4) is 16.9 Å². The van der Waals surface area contributed by atoms with Gasteiger partial charge in [-0.1, -0.05) is 69.2 Å². The summed E-state index contributed by atoms with van der Waals surface area (Å²) in [5, 5.41) is 0. The average Bonchev–Trinajstić information content (AvgIpc) is 2.86. The summed E-state index contributed by atoms with van der Waals surface area (Å²) in [5.74, 6) is -1.23. The fourth-order valence-corrected chi connectivity index (χ4v) is 5.03. The van der Waals surface area contributed by atoms with Crippen molar-refractivity contribution in [1.29, 1.82) is 0 Å². The first-order chi connectivity index (χ1) is 16.5. The first kappa shape index (κ1) is 24.4. The monoisotopic (exact) mass is 466 g/mol. The van der Waals surface area contributed by atoms with Crippen LogP contribution in [0.2, 0.25) is 0 Å². The topological polar surface area (TPSA) is 9.23 Å². The second kappa shape index (κ2) is 11.1. The van der Waals surface area contributed by atoms with Crippen LogP contribution in [0.25, 0.3) is 11.1 Å². The minimum Gasteiger partial charge on any atom is -0.486 e. The van der Waals surface area contributed by atoms with E-state index in [9.17, 15) is 13.2 Å². The summed E-state index contributed by atoms with van der Waals surface area (Å²) < 4.78 is 49.7. The lowest BCUT2D eigenvalue weighted by Crippen LogP contribution is -2.14. The average molecular weight is 467 g/mol. The van der Waals surface area contributed by atoms with Crippen LogP contribution < -0.4 is 4.74 Å². The highest BCUT2D eigenvalue weighted by atomic mass is 19.2. The van der Waals surface area contributed by atoms with E-state index in [4.69, 9.17) is 4.74 Å². The molecule has 0 heterocycles. The van der Waals surface area contributed by atoms with Crippen LogP contribution in [0.1, 0.15) is 75.0 Å². The van der Waals surface area contributed by atoms with Gasteiger partial charge in [0.1, 0.15) is 12.4 Å². The standard InChI is InChI=1S/C30H33F3O/c1-3-5-21-10-15-25(27(31)18-21)23-13-8-22(9-14-23)19-34-28-17-16-26(29(32)30(28)33)24-11-6-20(4-2)7-12-24/h8-10,13-18,20,24H,3-7,11-12,19H2,1-2H3. The third kappa shape index (κ3) is 5.48. The molecule has 1 fully saturated rings. The molecule has 0 aliphatic heterocycles. The van der Waals surface area contributed by atoms with E-state index >= 15 is 0 Å². The first-order valence-electron chi connectivity index (χ1n) is 12.5. The maximum Gasteiger partial charge on any atom is 0.200 e. The predicted molar refractivity (Wildman–Crippen MR) is 132 cm³/mol. The number of hydrogen-bond donors (Lipinski definition) is 0. The molecule has 0 amide bonds. The third-order valence-electron chi connectivity index (χ3n) is 7.17. The number of halogens is 3. The van der Waals surface area contributed by atoms with Gasteiger partial charge in [-0.15, -0.1) is 0 Å². The van der Waals surface area contributed by atoms with E-state index in [1.807, 2.05) is 30.3 Å². The Morgan fingerprint density at radius 1 is 0.794 bits per heavy atom. The van der Waals surface area contributed by atoms with Crippen molar-refractivity contribution >= 4 is 0 Å². The van der Waals surface area contributed by atoms with E-state index < -0.39 is 11.6 Å². The van der Waals surface area contributed by atoms with Gasteiger partial charge < -0.3 is 4.74 Å². The molecule has 3 aromatic carbocycles. The van der Waals surface area contributed by atoms with Crippen LogP contribution in [-0.2, 0) is 13.0 Å². The van der Waals surface area contributed by atoms with Gasteiger partial charge >= 0.3 is 0 Å². The van der Waals surface area contributed by atoms with Crippen molar-refractivity contribution < 1.29 is 17.9 Å². The summed E-state index contributed by atoms with van der Waals surface area (Å²) in [6.45, 7) is 4.36. The normalized spacial score (nSPS) is 18.1. The second-order valence-corrected chi connectivity index (χ2v) is 9.46. The van der Waals surface area contributed by atoms with Crippen LogP contribution in [0.3, 0.4) is 0 Å². The summed E-state index contributed by atoms with van der Waals surface area (Å²) in [4.78, 5) is 0. The maximum absolute atomic E-state index is 14.8. The van der Waals surface area contributed by atoms with E-state index in [2.05, 4.69) is 13.8 Å². The number of aryl methyl sites for hydroxylation is 1. The van der Waals surface area contributed by atoms with Crippen molar-refractivity contribution in [3.63, 3.8) is 0 Å². The Labute approximate surface area is 201 Å². The number of hydrogen-bond acceptors (Lipinski definition) is 1. The SMILES string of the molecule is CCCc1ccc(-c2ccc(COc3ccc(C4CCC(CC)CC4)c(F)c3F)cc2)c(F)c1. The van der Waals surface area contributed by atoms with Crippen LogP contribution in [0.5, 0.6) is 5.75 Å². The van der Waals surface area contributed by atoms with Gasteiger partial charge in [0.15, 0.2) is 11.6 Å². The van der Waals surface area contributed by atoms with Crippen LogP contribution in [-0.4, -0.2) is 0 Å². The van der Waals surface area contributed by atoms with Gasteiger partial charge in [-0.3, -0.25) is 0 Å². The zero-order valence-corrected chi connectivity index (χ0v) is 20.0. The lowest BCUT2D eigenvalue weighted by Gasteiger charge is -2.28. The van der Waals surface area contributed by atoms with Crippen molar-refractivity contribution in [2.24, 2.45) is 5.92 Å². The van der Waals surface area contributed by atoms with E-state index in [1.54, 1.807) is 24.3 Å². The summed E-state index contributed by atoms with van der Waals surface area (Å²) >= 11 is 0. The van der Waals surface area contributed by atoms with Crippen LogP contribution >= 0.6 is 0 Å². The molecule has 1 saturated carbocycles. The Morgan fingerprint density at radius 2 is 1.50 bits per heavy atom. The van der Waals surface area contributed by atoms with Crippen LogP contribution in [0.4, 0.5) is 13.2 Å². The molecule has 0 saturated heterocycles. The smallest absolute Gasteiger partial charge is 0.200 e. The van der Waals surface area contributed by atoms with Gasteiger partial charge in [0.2, 0.25) is 5.82 Å². The Bertz CT molecular complexity index is 1100. The quantitative estimate of drug-likeness (QED) is 0.322. The molecule has 0 spiro atoms. The molecule has 4 rings (SSSR count). The van der Waals surface area contributed by atoms with Crippen molar-refractivity contribution in [3.05, 3.63) is 88.7 Å². The minimum atomic E-state index is -0.916. The van der Waals surface area contributed by atoms with E-state index in [0.717, 1.165) is 61.6 Å². The first-order valence-corrected chi connectivity index (χ1v) is 12.5. The molecule has 0 bridgehead atoms. The van der Waals surface area contributed by atoms with E-state index in [1.165, 1.54) is 0 Å². The number of benzene rings is 3. The second-order valence-electron chi connectivity index (χ2n) is 9.46. The summed E-state index contributed by atoms with van der Waals surface area (Å²) in [5.41, 5.74) is 3.57. The molecular weight excluding hydrogens is 433 g/mol. The van der Waals surface area contributed by atoms with E-state index in [0.29, 0.717) is 17.0 Å². The van der Waals surface area contributed by atoms with Crippen LogP contribution in [0, 0.1) is 23.4 Å². The zero-order chi connectivity index (χ0) is 24.1. The summed E-state index contributed by atoms with van der Waals surface area (Å²) in [7, 11) is 0. The molecule has 0 radical (unpaired) electrons. The molecular formula is C30H33F3O. The van der Waals surface area contributed by atoms with Crippen molar-refractivity contribution in [2.75, 3.05) is 0 Å². The lowest BCUT2D eigenvalue weighted by molar-refractivity contribution is 0.280. The molecule has 1 aliphatic carbocycles. The third-order valence-corrected chi connectivity index (χ3v) is 7.17. The summed E-state index contributed by atoms with van der Waals surface area (Å²) in [6, 6.07) is 15.9. The largest absolute Gasteiger partial charge is 0.486 e. The molecule has 180 valence electrons. The van der Waals surface area contributed by atoms with Crippen molar-refractivity contribution in [2.45, 2.75) is 71.3 Å². The Kier molecular flexibility index (Phi) is 7.97. The zero-order valence-electron chi connectivity index (χ0n) is 20.0. The Hall–Kier alpha value is -2.75. The van der Waals surface area contributed by atoms with Crippen LogP contribution in [0.15, 0.2) is 54.6 Å². The van der Waals surface area contributed by atoms with E-state index in [-0.39, 0.29) is 24.1 Å². The highest BCUT2D eigenvalue weighted by molar-refractivity contribution is 5.64. The lowest BCUT2D eigenvalue weighted by atomic mass is 9.77.